The molecule has 0 aromatic heterocycles. The standard InChI is InChI=1S/C15H14O3/c1-2-11-3-9-14(10-4-11)18-15(17)12-5-7-13(16)8-6-12/h3-10,16H,2H2,1H3. The van der Waals surface area contributed by atoms with Crippen molar-refractivity contribution in [3.63, 3.8) is 0 Å². The first-order chi connectivity index (χ1) is 8.69. The SMILES string of the molecule is CCc1ccc(OC(=O)c2ccc(O)cc2)cc1. The zero-order valence-corrected chi connectivity index (χ0v) is 10.1. The fraction of sp³-hybridized carbons (Fsp3) is 0.133. The average molecular weight is 242 g/mol. The van der Waals surface area contributed by atoms with Crippen LogP contribution < -0.4 is 4.74 Å². The number of carbonyl (C=O) groups excluding carboxylic acids is 1. The number of hydrogen-bond donors (Lipinski definition) is 1. The number of aryl methyl sites for hydroxylation is 1. The molecule has 0 unspecified atom stereocenters. The van der Waals surface area contributed by atoms with E-state index >= 15 is 0 Å². The summed E-state index contributed by atoms with van der Waals surface area (Å²) in [4.78, 5) is 11.8. The molecule has 2 aromatic rings. The van der Waals surface area contributed by atoms with Crippen molar-refractivity contribution in [3.05, 3.63) is 59.7 Å². The zero-order chi connectivity index (χ0) is 13.0. The van der Waals surface area contributed by atoms with E-state index in [0.717, 1.165) is 6.42 Å². The summed E-state index contributed by atoms with van der Waals surface area (Å²) in [5, 5.41) is 9.13. The fourth-order valence-corrected chi connectivity index (χ4v) is 1.56. The lowest BCUT2D eigenvalue weighted by molar-refractivity contribution is 0.0734. The van der Waals surface area contributed by atoms with Crippen molar-refractivity contribution in [2.45, 2.75) is 13.3 Å². The van der Waals surface area contributed by atoms with Crippen molar-refractivity contribution in [3.8, 4) is 11.5 Å². The van der Waals surface area contributed by atoms with Gasteiger partial charge in [-0.05, 0) is 48.4 Å². The summed E-state index contributed by atoms with van der Waals surface area (Å²) in [7, 11) is 0. The monoisotopic (exact) mass is 242 g/mol. The molecule has 0 saturated heterocycles. The minimum atomic E-state index is -0.431. The lowest BCUT2D eigenvalue weighted by Crippen LogP contribution is -2.08. The van der Waals surface area contributed by atoms with Crippen LogP contribution in [0.4, 0.5) is 0 Å². The molecule has 1 N–H and O–H groups in total. The molecular weight excluding hydrogens is 228 g/mol. The van der Waals surface area contributed by atoms with Gasteiger partial charge in [0.05, 0.1) is 5.56 Å². The quantitative estimate of drug-likeness (QED) is 0.664. The third kappa shape index (κ3) is 2.88. The number of phenols is 1. The van der Waals surface area contributed by atoms with E-state index in [1.54, 1.807) is 12.1 Å². The van der Waals surface area contributed by atoms with Crippen molar-refractivity contribution in [2.24, 2.45) is 0 Å². The van der Waals surface area contributed by atoms with Gasteiger partial charge >= 0.3 is 5.97 Å². The first kappa shape index (κ1) is 12.2. The van der Waals surface area contributed by atoms with Crippen molar-refractivity contribution >= 4 is 5.97 Å². The number of hydrogen-bond acceptors (Lipinski definition) is 3. The summed E-state index contributed by atoms with van der Waals surface area (Å²) in [5.41, 5.74) is 1.60. The van der Waals surface area contributed by atoms with Crippen molar-refractivity contribution in [1.82, 2.24) is 0 Å². The Labute approximate surface area is 106 Å². The highest BCUT2D eigenvalue weighted by molar-refractivity contribution is 5.91. The van der Waals surface area contributed by atoms with E-state index in [-0.39, 0.29) is 5.75 Å². The molecule has 0 heterocycles. The molecule has 2 rings (SSSR count). The molecule has 0 bridgehead atoms. The lowest BCUT2D eigenvalue weighted by Gasteiger charge is -2.05. The second-order valence-corrected chi connectivity index (χ2v) is 3.93. The van der Waals surface area contributed by atoms with Crippen LogP contribution in [-0.4, -0.2) is 11.1 Å². The Kier molecular flexibility index (Phi) is 3.63. The third-order valence-electron chi connectivity index (χ3n) is 2.65. The maximum Gasteiger partial charge on any atom is 0.343 e. The number of ether oxygens (including phenoxy) is 1. The smallest absolute Gasteiger partial charge is 0.343 e. The normalized spacial score (nSPS) is 10.1. The molecule has 0 aliphatic heterocycles. The maximum atomic E-state index is 11.8. The van der Waals surface area contributed by atoms with Crippen molar-refractivity contribution in [1.29, 1.82) is 0 Å². The predicted molar refractivity (Wildman–Crippen MR) is 68.9 cm³/mol. The first-order valence-electron chi connectivity index (χ1n) is 5.79. The highest BCUT2D eigenvalue weighted by Gasteiger charge is 2.08. The van der Waals surface area contributed by atoms with E-state index in [0.29, 0.717) is 11.3 Å². The Morgan fingerprint density at radius 1 is 1.06 bits per heavy atom. The highest BCUT2D eigenvalue weighted by Crippen LogP contribution is 2.16. The second kappa shape index (κ2) is 5.36. The number of esters is 1. The van der Waals surface area contributed by atoms with Gasteiger partial charge in [0.2, 0.25) is 0 Å². The molecule has 0 saturated carbocycles. The number of benzene rings is 2. The van der Waals surface area contributed by atoms with E-state index in [1.165, 1.54) is 29.8 Å². The van der Waals surface area contributed by atoms with Gasteiger partial charge in [-0.15, -0.1) is 0 Å². The number of phenolic OH excluding ortho intramolecular Hbond substituents is 1. The summed E-state index contributed by atoms with van der Waals surface area (Å²) in [6.07, 6.45) is 0.951. The van der Waals surface area contributed by atoms with Crippen molar-refractivity contribution < 1.29 is 14.6 Å². The molecule has 3 nitrogen and oxygen atoms in total. The molecule has 0 atom stereocenters. The van der Waals surface area contributed by atoms with Crippen LogP contribution >= 0.6 is 0 Å². The summed E-state index contributed by atoms with van der Waals surface area (Å²) < 4.78 is 5.22. The molecule has 0 amide bonds. The molecule has 0 aliphatic carbocycles. The van der Waals surface area contributed by atoms with Gasteiger partial charge < -0.3 is 9.84 Å². The van der Waals surface area contributed by atoms with Crippen LogP contribution in [0.3, 0.4) is 0 Å². The molecule has 18 heavy (non-hydrogen) atoms. The molecule has 0 spiro atoms. The lowest BCUT2D eigenvalue weighted by atomic mass is 10.2. The third-order valence-corrected chi connectivity index (χ3v) is 2.65. The van der Waals surface area contributed by atoms with Gasteiger partial charge in [-0.1, -0.05) is 19.1 Å². The van der Waals surface area contributed by atoms with Gasteiger partial charge in [0, 0.05) is 0 Å². The van der Waals surface area contributed by atoms with E-state index in [9.17, 15) is 4.79 Å². The number of rotatable bonds is 3. The summed E-state index contributed by atoms with van der Waals surface area (Å²) >= 11 is 0. The molecule has 0 fully saturated rings. The minimum absolute atomic E-state index is 0.124. The van der Waals surface area contributed by atoms with Crippen LogP contribution in [0.1, 0.15) is 22.8 Å². The van der Waals surface area contributed by atoms with Gasteiger partial charge in [-0.3, -0.25) is 0 Å². The minimum Gasteiger partial charge on any atom is -0.508 e. The second-order valence-electron chi connectivity index (χ2n) is 3.93. The van der Waals surface area contributed by atoms with E-state index < -0.39 is 5.97 Å². The van der Waals surface area contributed by atoms with Crippen LogP contribution in [0, 0.1) is 0 Å². The van der Waals surface area contributed by atoms with Gasteiger partial charge in [-0.25, -0.2) is 4.79 Å². The fourth-order valence-electron chi connectivity index (χ4n) is 1.56. The van der Waals surface area contributed by atoms with Gasteiger partial charge in [0.25, 0.3) is 0 Å². The zero-order valence-electron chi connectivity index (χ0n) is 10.1. The van der Waals surface area contributed by atoms with Gasteiger partial charge in [0.15, 0.2) is 0 Å². The van der Waals surface area contributed by atoms with Crippen LogP contribution in [-0.2, 0) is 6.42 Å². The van der Waals surface area contributed by atoms with Crippen LogP contribution in [0.25, 0.3) is 0 Å². The average Bonchev–Trinajstić information content (AvgIpc) is 2.40. The molecule has 0 radical (unpaired) electrons. The summed E-state index contributed by atoms with van der Waals surface area (Å²) in [5.74, 6) is 0.211. The number of aromatic hydroxyl groups is 1. The van der Waals surface area contributed by atoms with Gasteiger partial charge in [-0.2, -0.15) is 0 Å². The molecule has 2 aromatic carbocycles. The van der Waals surface area contributed by atoms with Crippen molar-refractivity contribution in [2.75, 3.05) is 0 Å². The first-order valence-corrected chi connectivity index (χ1v) is 5.79. The molecular formula is C15H14O3. The molecule has 92 valence electrons. The van der Waals surface area contributed by atoms with Crippen LogP contribution in [0.2, 0.25) is 0 Å². The highest BCUT2D eigenvalue weighted by atomic mass is 16.5. The van der Waals surface area contributed by atoms with Gasteiger partial charge in [0.1, 0.15) is 11.5 Å². The summed E-state index contributed by atoms with van der Waals surface area (Å²) in [6, 6.07) is 13.4. The Balaban J connectivity index is 2.08. The Morgan fingerprint density at radius 2 is 1.67 bits per heavy atom. The predicted octanol–water partition coefficient (Wildman–Crippen LogP) is 3.17. The summed E-state index contributed by atoms with van der Waals surface area (Å²) in [6.45, 7) is 2.07. The topological polar surface area (TPSA) is 46.5 Å². The Morgan fingerprint density at radius 3 is 2.22 bits per heavy atom. The molecule has 3 heteroatoms. The van der Waals surface area contributed by atoms with Crippen LogP contribution in [0.5, 0.6) is 11.5 Å². The largest absolute Gasteiger partial charge is 0.508 e. The maximum absolute atomic E-state index is 11.8. The van der Waals surface area contributed by atoms with E-state index in [2.05, 4.69) is 6.92 Å². The Hall–Kier alpha value is -2.29. The van der Waals surface area contributed by atoms with Crippen LogP contribution in [0.15, 0.2) is 48.5 Å². The van der Waals surface area contributed by atoms with E-state index in [1.807, 2.05) is 12.1 Å². The Bertz CT molecular complexity index is 527. The van der Waals surface area contributed by atoms with E-state index in [4.69, 9.17) is 9.84 Å². The number of carbonyl (C=O) groups is 1. The molecule has 0 aliphatic rings.